The molecule has 1 saturated heterocycles. The van der Waals surface area contributed by atoms with Gasteiger partial charge in [0.15, 0.2) is 0 Å². The van der Waals surface area contributed by atoms with Gasteiger partial charge in [0, 0.05) is 38.2 Å². The molecule has 0 N–H and O–H groups in total. The van der Waals surface area contributed by atoms with Gasteiger partial charge in [0.05, 0.1) is 19.1 Å². The molecule has 3 heterocycles. The number of amides is 1. The van der Waals surface area contributed by atoms with E-state index in [9.17, 15) is 18.0 Å². The first kappa shape index (κ1) is 27.4. The number of hydrogen-bond donors (Lipinski definition) is 0. The first-order valence-corrected chi connectivity index (χ1v) is 13.1. The first-order valence-electron chi connectivity index (χ1n) is 13.1. The molecule has 0 saturated carbocycles. The van der Waals surface area contributed by atoms with Crippen molar-refractivity contribution >= 4 is 22.8 Å². The molecular weight excluding hydrogens is 523 g/mol. The summed E-state index contributed by atoms with van der Waals surface area (Å²) in [5, 5.41) is 4.58. The molecule has 0 radical (unpaired) electrons. The highest BCUT2D eigenvalue weighted by Crippen LogP contribution is 2.37. The molecule has 1 amide bonds. The summed E-state index contributed by atoms with van der Waals surface area (Å²) in [5.74, 6) is 2.16. The topological polar surface area (TPSA) is 84.6 Å². The Morgan fingerprint density at radius 1 is 1.05 bits per heavy atom. The molecule has 0 bridgehead atoms. The van der Waals surface area contributed by atoms with Crippen LogP contribution in [0.25, 0.3) is 22.4 Å². The van der Waals surface area contributed by atoms with Gasteiger partial charge < -0.3 is 19.1 Å². The third kappa shape index (κ3) is 5.88. The first-order chi connectivity index (χ1) is 19.1. The molecule has 0 spiro atoms. The Labute approximate surface area is 229 Å². The van der Waals surface area contributed by atoms with Crippen LogP contribution in [0.15, 0.2) is 53.1 Å². The highest BCUT2D eigenvalue weighted by atomic mass is 19.4. The fourth-order valence-corrected chi connectivity index (χ4v) is 4.80. The number of carbonyl (C=O) groups is 1. The maximum atomic E-state index is 13.4. The fourth-order valence-electron chi connectivity index (χ4n) is 4.80. The number of halogens is 3. The van der Waals surface area contributed by atoms with Crippen molar-refractivity contribution in [1.29, 1.82) is 0 Å². The lowest BCUT2D eigenvalue weighted by atomic mass is 10.0. The number of carbonyl (C=O) groups excluding carboxylic acids is 1. The Hall–Kier alpha value is -4.15. The minimum atomic E-state index is -4.49. The molecule has 0 atom stereocenters. The van der Waals surface area contributed by atoms with Crippen LogP contribution in [0.4, 0.5) is 19.0 Å². The van der Waals surface area contributed by atoms with E-state index in [1.165, 1.54) is 6.07 Å². The number of rotatable bonds is 7. The molecule has 4 aromatic rings. The van der Waals surface area contributed by atoms with Crippen LogP contribution in [0.3, 0.4) is 0 Å². The third-order valence-corrected chi connectivity index (χ3v) is 6.86. The normalized spacial score (nSPS) is 14.3. The molecule has 8 nitrogen and oxygen atoms in total. The molecular formula is C29H30F3N5O3. The molecule has 1 aliphatic heterocycles. The number of methoxy groups -OCH3 is 1. The van der Waals surface area contributed by atoms with Gasteiger partial charge in [-0.15, -0.1) is 0 Å². The fraction of sp³-hybridized carbons (Fsp3) is 0.379. The third-order valence-electron chi connectivity index (χ3n) is 6.86. The number of nitrogens with zero attached hydrogens (tertiary/aromatic N) is 5. The smallest absolute Gasteiger partial charge is 0.416 e. The number of hydrogen-bond acceptors (Lipinski definition) is 7. The SMILES string of the molecule is COc1ccc(CC(=O)N2CCN(c3nc(CC(C)C)nc4onc(-c5cccc(C(F)(F)F)c5)c34)CC2)cc1. The number of alkyl halides is 3. The average molecular weight is 554 g/mol. The van der Waals surface area contributed by atoms with Crippen molar-refractivity contribution < 1.29 is 27.2 Å². The van der Waals surface area contributed by atoms with E-state index in [1.807, 2.05) is 34.1 Å². The number of piperazine rings is 1. The number of benzene rings is 2. The predicted molar refractivity (Wildman–Crippen MR) is 144 cm³/mol. The van der Waals surface area contributed by atoms with Crippen molar-refractivity contribution in [3.8, 4) is 17.0 Å². The quantitative estimate of drug-likeness (QED) is 0.303. The standard InChI is InChI=1S/C29H30F3N5O3/c1-18(2)15-23-33-27(25-26(35-40-28(25)34-23)20-5-4-6-21(17-20)29(30,31)32)37-13-11-36(12-14-37)24(38)16-19-7-9-22(39-3)10-8-19/h4-10,17-18H,11-16H2,1-3H3. The van der Waals surface area contributed by atoms with Crippen LogP contribution in [0.1, 0.15) is 30.8 Å². The van der Waals surface area contributed by atoms with E-state index in [0.717, 1.165) is 23.4 Å². The van der Waals surface area contributed by atoms with Crippen LogP contribution >= 0.6 is 0 Å². The number of anilines is 1. The summed E-state index contributed by atoms with van der Waals surface area (Å²) in [6.07, 6.45) is -3.61. The van der Waals surface area contributed by atoms with E-state index in [4.69, 9.17) is 14.2 Å². The van der Waals surface area contributed by atoms with Gasteiger partial charge in [-0.25, -0.2) is 4.98 Å². The van der Waals surface area contributed by atoms with E-state index in [-0.39, 0.29) is 35.2 Å². The van der Waals surface area contributed by atoms with E-state index < -0.39 is 11.7 Å². The average Bonchev–Trinajstić information content (AvgIpc) is 3.36. The summed E-state index contributed by atoms with van der Waals surface area (Å²) in [6.45, 7) is 6.04. The van der Waals surface area contributed by atoms with Crippen LogP contribution in [-0.4, -0.2) is 59.2 Å². The van der Waals surface area contributed by atoms with Gasteiger partial charge in [-0.3, -0.25) is 4.79 Å². The maximum absolute atomic E-state index is 13.4. The number of fused-ring (bicyclic) bond motifs is 1. The molecule has 2 aromatic carbocycles. The molecule has 0 aliphatic carbocycles. The zero-order valence-corrected chi connectivity index (χ0v) is 22.5. The molecule has 11 heteroatoms. The maximum Gasteiger partial charge on any atom is 0.416 e. The molecule has 0 unspecified atom stereocenters. The monoisotopic (exact) mass is 553 g/mol. The van der Waals surface area contributed by atoms with Gasteiger partial charge in [0.1, 0.15) is 28.5 Å². The summed E-state index contributed by atoms with van der Waals surface area (Å²) in [6, 6.07) is 12.4. The van der Waals surface area contributed by atoms with E-state index in [0.29, 0.717) is 49.6 Å². The second-order valence-electron chi connectivity index (χ2n) is 10.2. The van der Waals surface area contributed by atoms with Crippen molar-refractivity contribution in [2.24, 2.45) is 5.92 Å². The minimum Gasteiger partial charge on any atom is -0.497 e. The van der Waals surface area contributed by atoms with E-state index >= 15 is 0 Å². The van der Waals surface area contributed by atoms with Crippen molar-refractivity contribution in [2.45, 2.75) is 32.9 Å². The van der Waals surface area contributed by atoms with Crippen LogP contribution in [-0.2, 0) is 23.8 Å². The lowest BCUT2D eigenvalue weighted by Crippen LogP contribution is -2.49. The molecule has 1 aliphatic rings. The van der Waals surface area contributed by atoms with Crippen molar-refractivity contribution in [1.82, 2.24) is 20.0 Å². The van der Waals surface area contributed by atoms with Gasteiger partial charge in [0.2, 0.25) is 5.91 Å². The minimum absolute atomic E-state index is 0.0211. The van der Waals surface area contributed by atoms with Gasteiger partial charge >= 0.3 is 6.18 Å². The largest absolute Gasteiger partial charge is 0.497 e. The molecule has 40 heavy (non-hydrogen) atoms. The van der Waals surface area contributed by atoms with Gasteiger partial charge in [-0.2, -0.15) is 18.2 Å². The van der Waals surface area contributed by atoms with Crippen molar-refractivity contribution in [3.63, 3.8) is 0 Å². The second kappa shape index (κ2) is 11.1. The Balaban J connectivity index is 1.42. The lowest BCUT2D eigenvalue weighted by Gasteiger charge is -2.35. The highest BCUT2D eigenvalue weighted by molar-refractivity contribution is 5.98. The van der Waals surface area contributed by atoms with E-state index in [2.05, 4.69) is 24.0 Å². The molecule has 210 valence electrons. The van der Waals surface area contributed by atoms with Gasteiger partial charge in [0.25, 0.3) is 5.71 Å². The number of ether oxygens (including phenoxy) is 1. The Kier molecular flexibility index (Phi) is 7.64. The Bertz CT molecular complexity index is 1490. The van der Waals surface area contributed by atoms with Crippen LogP contribution in [0, 0.1) is 5.92 Å². The molecule has 2 aromatic heterocycles. The summed E-state index contributed by atoms with van der Waals surface area (Å²) in [7, 11) is 1.60. The zero-order chi connectivity index (χ0) is 28.4. The predicted octanol–water partition coefficient (Wildman–Crippen LogP) is 5.40. The van der Waals surface area contributed by atoms with Crippen LogP contribution in [0.5, 0.6) is 5.75 Å². The van der Waals surface area contributed by atoms with Gasteiger partial charge in [-0.1, -0.05) is 43.3 Å². The van der Waals surface area contributed by atoms with E-state index in [1.54, 1.807) is 13.2 Å². The Morgan fingerprint density at radius 2 is 1.77 bits per heavy atom. The molecule has 5 rings (SSSR count). The molecule has 1 fully saturated rings. The van der Waals surface area contributed by atoms with Gasteiger partial charge in [-0.05, 0) is 35.7 Å². The highest BCUT2D eigenvalue weighted by Gasteiger charge is 2.32. The number of aromatic nitrogens is 3. The Morgan fingerprint density at radius 3 is 2.42 bits per heavy atom. The van der Waals surface area contributed by atoms with Crippen molar-refractivity contribution in [2.75, 3.05) is 38.2 Å². The van der Waals surface area contributed by atoms with Crippen LogP contribution < -0.4 is 9.64 Å². The summed E-state index contributed by atoms with van der Waals surface area (Å²) < 4.78 is 51.0. The van der Waals surface area contributed by atoms with Crippen LogP contribution in [0.2, 0.25) is 0 Å². The zero-order valence-electron chi connectivity index (χ0n) is 22.5. The lowest BCUT2D eigenvalue weighted by molar-refractivity contribution is -0.137. The summed E-state index contributed by atoms with van der Waals surface area (Å²) in [4.78, 5) is 26.2. The van der Waals surface area contributed by atoms with Crippen molar-refractivity contribution in [3.05, 3.63) is 65.5 Å². The summed E-state index contributed by atoms with van der Waals surface area (Å²) >= 11 is 0. The summed E-state index contributed by atoms with van der Waals surface area (Å²) in [5.41, 5.74) is 0.878. The second-order valence-corrected chi connectivity index (χ2v) is 10.2.